The smallest absolute Gasteiger partial charge is 0.290 e. The first-order valence-corrected chi connectivity index (χ1v) is 9.78. The lowest BCUT2D eigenvalue weighted by Gasteiger charge is -2.25. The second-order valence-corrected chi connectivity index (χ2v) is 7.73. The van der Waals surface area contributed by atoms with E-state index in [1.54, 1.807) is 41.3 Å². The first-order chi connectivity index (χ1) is 14.4. The Morgan fingerprint density at radius 1 is 1.10 bits per heavy atom. The van der Waals surface area contributed by atoms with Crippen LogP contribution >= 0.6 is 0 Å². The first kappa shape index (κ1) is 19.8. The average molecular weight is 408 g/mol. The number of quaternary nitrogens is 1. The summed E-state index contributed by atoms with van der Waals surface area (Å²) in [6.07, 6.45) is 0.749. The van der Waals surface area contributed by atoms with Gasteiger partial charge in [0.2, 0.25) is 5.76 Å². The molecule has 2 aromatic carbocycles. The zero-order valence-electron chi connectivity index (χ0n) is 16.8. The lowest BCUT2D eigenvalue weighted by Crippen LogP contribution is -3.05. The van der Waals surface area contributed by atoms with Crippen LogP contribution in [-0.4, -0.2) is 42.9 Å². The molecule has 4 rings (SSSR count). The third-order valence-electron chi connectivity index (χ3n) is 5.37. The molecule has 0 saturated carbocycles. The summed E-state index contributed by atoms with van der Waals surface area (Å²) in [6.45, 7) is 1.31. The van der Waals surface area contributed by atoms with Crippen LogP contribution in [0.4, 0.5) is 5.69 Å². The van der Waals surface area contributed by atoms with Gasteiger partial charge in [-0.05, 0) is 29.8 Å². The monoisotopic (exact) mass is 408 g/mol. The second-order valence-electron chi connectivity index (χ2n) is 7.73. The molecule has 3 aromatic rings. The van der Waals surface area contributed by atoms with E-state index in [0.29, 0.717) is 28.6 Å². The van der Waals surface area contributed by atoms with Gasteiger partial charge in [-0.3, -0.25) is 19.7 Å². The van der Waals surface area contributed by atoms with Crippen molar-refractivity contribution in [2.75, 3.05) is 27.2 Å². The van der Waals surface area contributed by atoms with Crippen LogP contribution in [-0.2, 0) is 0 Å². The van der Waals surface area contributed by atoms with Gasteiger partial charge in [0.15, 0.2) is 5.43 Å². The fourth-order valence-electron chi connectivity index (χ4n) is 3.93. The molecule has 0 radical (unpaired) electrons. The van der Waals surface area contributed by atoms with E-state index in [2.05, 4.69) is 0 Å². The third kappa shape index (κ3) is 3.35. The molecule has 2 heterocycles. The van der Waals surface area contributed by atoms with Gasteiger partial charge in [-0.25, -0.2) is 0 Å². The van der Waals surface area contributed by atoms with Gasteiger partial charge in [0.25, 0.3) is 11.6 Å². The summed E-state index contributed by atoms with van der Waals surface area (Å²) >= 11 is 0. The number of nitrogens with zero attached hydrogens (tertiary/aromatic N) is 2. The minimum absolute atomic E-state index is 0.0448. The molecule has 154 valence electrons. The van der Waals surface area contributed by atoms with Crippen molar-refractivity contribution in [1.82, 2.24) is 4.90 Å². The Morgan fingerprint density at radius 3 is 2.47 bits per heavy atom. The van der Waals surface area contributed by atoms with Gasteiger partial charge in [-0.1, -0.05) is 12.1 Å². The lowest BCUT2D eigenvalue weighted by molar-refractivity contribution is -0.858. The molecule has 1 amide bonds. The molecule has 0 unspecified atom stereocenters. The van der Waals surface area contributed by atoms with E-state index < -0.39 is 11.0 Å². The maximum absolute atomic E-state index is 13.3. The Bertz CT molecular complexity index is 1180. The Kier molecular flexibility index (Phi) is 5.09. The molecule has 1 aromatic heterocycles. The Balaban J connectivity index is 1.85. The highest BCUT2D eigenvalue weighted by atomic mass is 16.6. The average Bonchev–Trinajstić information content (AvgIpc) is 3.00. The summed E-state index contributed by atoms with van der Waals surface area (Å²) in [6, 6.07) is 12.2. The van der Waals surface area contributed by atoms with Gasteiger partial charge in [-0.15, -0.1) is 0 Å². The van der Waals surface area contributed by atoms with Crippen LogP contribution in [0.3, 0.4) is 0 Å². The Morgan fingerprint density at radius 2 is 1.80 bits per heavy atom. The maximum atomic E-state index is 13.3. The van der Waals surface area contributed by atoms with Crippen LogP contribution in [0, 0.1) is 10.1 Å². The molecule has 0 saturated heterocycles. The molecule has 1 aliphatic heterocycles. The van der Waals surface area contributed by atoms with Crippen LogP contribution in [0.25, 0.3) is 11.0 Å². The molecular weight excluding hydrogens is 386 g/mol. The maximum Gasteiger partial charge on any atom is 0.290 e. The van der Waals surface area contributed by atoms with Crippen molar-refractivity contribution in [2.45, 2.75) is 12.5 Å². The number of carbonyl (C=O) groups excluding carboxylic acids is 1. The van der Waals surface area contributed by atoms with E-state index in [9.17, 15) is 19.7 Å². The highest BCUT2D eigenvalue weighted by Gasteiger charge is 2.42. The number of nitrogens with one attached hydrogen (secondary N) is 1. The van der Waals surface area contributed by atoms with Crippen LogP contribution in [0.5, 0.6) is 0 Å². The summed E-state index contributed by atoms with van der Waals surface area (Å²) in [7, 11) is 4.07. The van der Waals surface area contributed by atoms with Crippen LogP contribution in [0.1, 0.15) is 34.1 Å². The molecular formula is C22H22N3O5+. The SMILES string of the molecule is C[NH+](C)CCCN1C(=O)c2oc3ccccc3c(=O)c2[C@H]1c1ccc([N+](=O)[O-])cc1. The van der Waals surface area contributed by atoms with E-state index in [4.69, 9.17) is 4.42 Å². The predicted octanol–water partition coefficient (Wildman–Crippen LogP) is 1.78. The van der Waals surface area contributed by atoms with Gasteiger partial charge in [0.1, 0.15) is 5.58 Å². The quantitative estimate of drug-likeness (QED) is 0.495. The largest absolute Gasteiger partial charge is 0.450 e. The van der Waals surface area contributed by atoms with E-state index in [0.717, 1.165) is 13.0 Å². The number of carbonyl (C=O) groups is 1. The molecule has 0 aliphatic carbocycles. The van der Waals surface area contributed by atoms with Crippen molar-refractivity contribution >= 4 is 22.6 Å². The fourth-order valence-corrected chi connectivity index (χ4v) is 3.93. The van der Waals surface area contributed by atoms with E-state index in [1.165, 1.54) is 17.0 Å². The van der Waals surface area contributed by atoms with Gasteiger partial charge in [0.05, 0.1) is 42.6 Å². The van der Waals surface area contributed by atoms with Crippen LogP contribution < -0.4 is 10.3 Å². The number of fused-ring (bicyclic) bond motifs is 2. The molecule has 30 heavy (non-hydrogen) atoms. The zero-order valence-corrected chi connectivity index (χ0v) is 16.8. The third-order valence-corrected chi connectivity index (χ3v) is 5.37. The van der Waals surface area contributed by atoms with E-state index in [-0.39, 0.29) is 22.8 Å². The number of nitro groups is 1. The number of amides is 1. The first-order valence-electron chi connectivity index (χ1n) is 9.78. The molecule has 1 atom stereocenters. The van der Waals surface area contributed by atoms with Crippen molar-refractivity contribution in [3.8, 4) is 0 Å². The molecule has 0 fully saturated rings. The molecule has 1 aliphatic rings. The number of nitro benzene ring substituents is 1. The summed E-state index contributed by atoms with van der Waals surface area (Å²) in [5.74, 6) is -0.274. The Hall–Kier alpha value is -3.52. The van der Waals surface area contributed by atoms with Crippen molar-refractivity contribution in [3.05, 3.63) is 85.8 Å². The normalized spacial score (nSPS) is 15.8. The zero-order chi connectivity index (χ0) is 21.4. The van der Waals surface area contributed by atoms with Crippen molar-refractivity contribution in [2.24, 2.45) is 0 Å². The van der Waals surface area contributed by atoms with Crippen molar-refractivity contribution in [3.63, 3.8) is 0 Å². The number of para-hydroxylation sites is 1. The summed E-state index contributed by atoms with van der Waals surface area (Å²) in [4.78, 5) is 40.0. The molecule has 8 heteroatoms. The van der Waals surface area contributed by atoms with Crippen LogP contribution in [0.15, 0.2) is 57.7 Å². The van der Waals surface area contributed by atoms with Gasteiger partial charge < -0.3 is 14.2 Å². The van der Waals surface area contributed by atoms with Crippen LogP contribution in [0.2, 0.25) is 0 Å². The number of benzene rings is 2. The predicted molar refractivity (Wildman–Crippen MR) is 111 cm³/mol. The molecule has 0 bridgehead atoms. The highest BCUT2D eigenvalue weighted by Crippen LogP contribution is 2.38. The number of hydrogen-bond donors (Lipinski definition) is 1. The summed E-state index contributed by atoms with van der Waals surface area (Å²) in [5, 5.41) is 11.4. The van der Waals surface area contributed by atoms with Gasteiger partial charge in [0, 0.05) is 25.1 Å². The topological polar surface area (TPSA) is 98.1 Å². The standard InChI is InChI=1S/C22H21N3O5/c1-23(2)12-5-13-24-19(14-8-10-15(11-9-14)25(28)29)18-20(26)16-6-3-4-7-17(16)30-21(18)22(24)27/h3-4,6-11,19H,5,12-13H2,1-2H3/p+1/t19-/m1/s1. The summed E-state index contributed by atoms with van der Waals surface area (Å²) in [5.41, 5.74) is 1.02. The Labute approximate surface area is 172 Å². The van der Waals surface area contributed by atoms with Crippen molar-refractivity contribution in [1.29, 1.82) is 0 Å². The van der Waals surface area contributed by atoms with E-state index in [1.807, 2.05) is 14.1 Å². The highest BCUT2D eigenvalue weighted by molar-refractivity contribution is 5.99. The van der Waals surface area contributed by atoms with E-state index >= 15 is 0 Å². The van der Waals surface area contributed by atoms with Gasteiger partial charge in [-0.2, -0.15) is 0 Å². The number of rotatable bonds is 6. The summed E-state index contributed by atoms with van der Waals surface area (Å²) < 4.78 is 5.86. The van der Waals surface area contributed by atoms with Gasteiger partial charge >= 0.3 is 0 Å². The molecule has 8 nitrogen and oxygen atoms in total. The number of hydrogen-bond acceptors (Lipinski definition) is 5. The molecule has 1 N–H and O–H groups in total. The fraction of sp³-hybridized carbons (Fsp3) is 0.273. The second kappa shape index (κ2) is 7.72. The minimum atomic E-state index is -0.633. The minimum Gasteiger partial charge on any atom is -0.450 e. The van der Waals surface area contributed by atoms with Crippen molar-refractivity contribution < 1.29 is 19.0 Å². The lowest BCUT2D eigenvalue weighted by atomic mass is 9.98. The number of non-ortho nitro benzene ring substituents is 1. The molecule has 0 spiro atoms.